The third kappa shape index (κ3) is 7.55. The smallest absolute Gasteiger partial charge is 0.350 e. The second-order valence-electron chi connectivity index (χ2n) is 14.7. The van der Waals surface area contributed by atoms with E-state index in [0.29, 0.717) is 54.2 Å². The molecule has 274 valence electrons. The Kier molecular flexibility index (Phi) is 9.58. The fourth-order valence-electron chi connectivity index (χ4n) is 6.34. The monoisotopic (exact) mass is 710 g/mol. The molecule has 10 nitrogen and oxygen atoms in total. The van der Waals surface area contributed by atoms with Crippen LogP contribution in [0.3, 0.4) is 0 Å². The second kappa shape index (κ2) is 14.0. The summed E-state index contributed by atoms with van der Waals surface area (Å²) >= 11 is 0. The average Bonchev–Trinajstić information content (AvgIpc) is 3.53. The number of rotatable bonds is 10. The van der Waals surface area contributed by atoms with E-state index < -0.39 is 11.6 Å². The molecule has 2 unspecified atom stereocenters. The highest BCUT2D eigenvalue weighted by molar-refractivity contribution is 6.01. The van der Waals surface area contributed by atoms with E-state index in [1.807, 2.05) is 44.2 Å². The average molecular weight is 711 g/mol. The molecule has 0 radical (unpaired) electrons. The molecule has 2 atom stereocenters. The molecule has 2 fully saturated rings. The molecular formula is C42H46O10. The minimum absolute atomic E-state index is 0.0401. The number of fused-ring (bicyclic) bond motifs is 4. The molecule has 2 aromatic carbocycles. The lowest BCUT2D eigenvalue weighted by atomic mass is 10.0. The summed E-state index contributed by atoms with van der Waals surface area (Å²) in [6.45, 7) is 15.9. The maximum absolute atomic E-state index is 11.4. The van der Waals surface area contributed by atoms with Gasteiger partial charge in [-0.15, -0.1) is 0 Å². The van der Waals surface area contributed by atoms with Crippen molar-refractivity contribution in [3.8, 4) is 17.2 Å². The number of hydrogen-bond acceptors (Lipinski definition) is 10. The van der Waals surface area contributed by atoms with Crippen molar-refractivity contribution in [3.05, 3.63) is 94.3 Å². The van der Waals surface area contributed by atoms with Crippen molar-refractivity contribution in [2.45, 2.75) is 91.0 Å². The van der Waals surface area contributed by atoms with Crippen LogP contribution < -0.4 is 19.8 Å². The van der Waals surface area contributed by atoms with Crippen LogP contribution in [0.4, 0.5) is 0 Å². The quantitative estimate of drug-likeness (QED) is 0.0788. The highest BCUT2D eigenvalue weighted by atomic mass is 16.9. The predicted octanol–water partition coefficient (Wildman–Crippen LogP) is 9.87. The topological polar surface area (TPSA) is 115 Å². The Bertz CT molecular complexity index is 2240. The lowest BCUT2D eigenvalue weighted by Crippen LogP contribution is -2.38. The summed E-state index contributed by atoms with van der Waals surface area (Å²) in [5.41, 5.74) is 4.46. The number of furan rings is 2. The van der Waals surface area contributed by atoms with Gasteiger partial charge in [0.05, 0.1) is 58.2 Å². The number of allylic oxidation sites excluding steroid dienone is 2. The lowest BCUT2D eigenvalue weighted by Gasteiger charge is -2.30. The zero-order chi connectivity index (χ0) is 36.7. The van der Waals surface area contributed by atoms with Crippen LogP contribution in [0.2, 0.25) is 0 Å². The van der Waals surface area contributed by atoms with Crippen molar-refractivity contribution in [1.82, 2.24) is 0 Å². The SMILES string of the molecule is C/C(=C\COc1c2c(cc3occc13)OC1(C=C2)OCC(C)(C)O1)CCC1OC1(C)C.CC/C(C)=C/COc1c2ccoc2cc2oc(=O)ccc12. The normalized spacial score (nSPS) is 21.6. The Balaban J connectivity index is 0.000000175. The van der Waals surface area contributed by atoms with Gasteiger partial charge in [-0.1, -0.05) is 18.1 Å². The first-order valence-electron chi connectivity index (χ1n) is 17.8. The van der Waals surface area contributed by atoms with E-state index in [1.54, 1.807) is 30.7 Å². The van der Waals surface area contributed by atoms with Gasteiger partial charge in [0.15, 0.2) is 0 Å². The molecule has 1 spiro atoms. The van der Waals surface area contributed by atoms with Gasteiger partial charge in [0.2, 0.25) is 0 Å². The molecule has 0 amide bonds. The van der Waals surface area contributed by atoms with E-state index in [0.717, 1.165) is 46.7 Å². The minimum Gasteiger partial charge on any atom is -0.488 e. The Morgan fingerprint density at radius 3 is 2.19 bits per heavy atom. The Hall–Kier alpha value is -4.77. The van der Waals surface area contributed by atoms with Gasteiger partial charge in [-0.25, -0.2) is 4.79 Å². The fraction of sp³-hybridized carbons (Fsp3) is 0.405. The van der Waals surface area contributed by atoms with E-state index >= 15 is 0 Å². The van der Waals surface area contributed by atoms with Gasteiger partial charge in [0.1, 0.15) is 47.2 Å². The molecule has 3 aliphatic rings. The van der Waals surface area contributed by atoms with Gasteiger partial charge in [0, 0.05) is 24.3 Å². The summed E-state index contributed by atoms with van der Waals surface area (Å²) in [5.74, 6) is 0.829. The van der Waals surface area contributed by atoms with Crippen LogP contribution in [-0.4, -0.2) is 43.1 Å². The zero-order valence-corrected chi connectivity index (χ0v) is 30.8. The van der Waals surface area contributed by atoms with Crippen LogP contribution >= 0.6 is 0 Å². The van der Waals surface area contributed by atoms with Gasteiger partial charge < -0.3 is 41.7 Å². The number of epoxide rings is 1. The molecule has 8 rings (SSSR count). The third-order valence-corrected chi connectivity index (χ3v) is 9.61. The van der Waals surface area contributed by atoms with Crippen molar-refractivity contribution in [2.75, 3.05) is 19.8 Å². The van der Waals surface area contributed by atoms with Gasteiger partial charge >= 0.3 is 11.6 Å². The Morgan fingerprint density at radius 1 is 0.865 bits per heavy atom. The molecule has 3 aliphatic heterocycles. The first kappa shape index (κ1) is 35.6. The van der Waals surface area contributed by atoms with E-state index in [2.05, 4.69) is 40.7 Å². The second-order valence-corrected chi connectivity index (χ2v) is 14.7. The van der Waals surface area contributed by atoms with E-state index in [4.69, 9.17) is 41.7 Å². The molecule has 6 heterocycles. The summed E-state index contributed by atoms with van der Waals surface area (Å²) in [6, 6.07) is 10.5. The number of hydrogen-bond donors (Lipinski definition) is 0. The lowest BCUT2D eigenvalue weighted by molar-refractivity contribution is -0.266. The molecule has 0 saturated carbocycles. The summed E-state index contributed by atoms with van der Waals surface area (Å²) in [5, 5.41) is 2.56. The molecule has 10 heteroatoms. The van der Waals surface area contributed by atoms with Crippen LogP contribution in [0.25, 0.3) is 39.0 Å². The summed E-state index contributed by atoms with van der Waals surface area (Å²) in [7, 11) is 0. The third-order valence-electron chi connectivity index (χ3n) is 9.61. The van der Waals surface area contributed by atoms with E-state index in [-0.39, 0.29) is 11.2 Å². The van der Waals surface area contributed by atoms with Gasteiger partial charge in [-0.05, 0) is 97.2 Å². The molecule has 0 aliphatic carbocycles. The molecule has 0 bridgehead atoms. The van der Waals surface area contributed by atoms with E-state index in [1.165, 1.54) is 17.2 Å². The maximum atomic E-state index is 11.4. The van der Waals surface area contributed by atoms with Crippen molar-refractivity contribution in [3.63, 3.8) is 0 Å². The predicted molar refractivity (Wildman–Crippen MR) is 199 cm³/mol. The molecule has 2 saturated heterocycles. The first-order chi connectivity index (χ1) is 24.9. The summed E-state index contributed by atoms with van der Waals surface area (Å²) in [6.07, 6.45) is 14.6. The first-order valence-corrected chi connectivity index (χ1v) is 17.8. The highest BCUT2D eigenvalue weighted by Crippen LogP contribution is 2.46. The van der Waals surface area contributed by atoms with Crippen molar-refractivity contribution < 1.29 is 41.7 Å². The number of benzene rings is 2. The highest BCUT2D eigenvalue weighted by Gasteiger charge is 2.49. The zero-order valence-electron chi connectivity index (χ0n) is 30.8. The summed E-state index contributed by atoms with van der Waals surface area (Å²) in [4.78, 5) is 11.4. The fourth-order valence-corrected chi connectivity index (χ4v) is 6.34. The molecule has 5 aromatic rings. The van der Waals surface area contributed by atoms with Crippen LogP contribution in [0.15, 0.2) is 96.3 Å². The Labute approximate surface area is 302 Å². The van der Waals surface area contributed by atoms with Crippen LogP contribution in [0.1, 0.15) is 73.3 Å². The largest absolute Gasteiger partial charge is 0.488 e. The van der Waals surface area contributed by atoms with Crippen LogP contribution in [0, 0.1) is 0 Å². The molecular weight excluding hydrogens is 664 g/mol. The van der Waals surface area contributed by atoms with Crippen molar-refractivity contribution in [1.29, 1.82) is 0 Å². The molecule has 3 aromatic heterocycles. The standard InChI is InChI=1S/C25H30O6.C17H16O4/c1-16(6-7-21-24(4,5)30-21)9-12-27-22-17-8-11-25(28-15-23(2,3)31-25)29-20(17)14-19-18(22)10-13-26-19;1-3-11(2)6-8-20-17-12-4-5-16(18)21-15(12)10-14-13(17)7-9-19-14/h8-11,13-14,21H,6-7,12,15H2,1-5H3;4-7,9-10H,3,8H2,1-2H3/b16-9+;11-6+. The van der Waals surface area contributed by atoms with E-state index in [9.17, 15) is 4.79 Å². The Morgan fingerprint density at radius 2 is 1.52 bits per heavy atom. The van der Waals surface area contributed by atoms with Crippen LogP contribution in [0.5, 0.6) is 17.2 Å². The van der Waals surface area contributed by atoms with Gasteiger partial charge in [0.25, 0.3) is 0 Å². The van der Waals surface area contributed by atoms with Crippen LogP contribution in [-0.2, 0) is 14.2 Å². The van der Waals surface area contributed by atoms with Crippen molar-refractivity contribution >= 4 is 39.0 Å². The maximum Gasteiger partial charge on any atom is 0.350 e. The minimum atomic E-state index is -1.21. The molecule has 0 N–H and O–H groups in total. The molecule has 52 heavy (non-hydrogen) atoms. The summed E-state index contributed by atoms with van der Waals surface area (Å²) < 4.78 is 52.1. The van der Waals surface area contributed by atoms with Gasteiger partial charge in [-0.2, -0.15) is 0 Å². The van der Waals surface area contributed by atoms with Gasteiger partial charge in [-0.3, -0.25) is 0 Å². The van der Waals surface area contributed by atoms with Crippen molar-refractivity contribution in [2.24, 2.45) is 0 Å². The number of ether oxygens (including phenoxy) is 6.